The number of fused-ring (bicyclic) bond motifs is 3. The highest BCUT2D eigenvalue weighted by atomic mass is 15.3. The second kappa shape index (κ2) is 7.57. The van der Waals surface area contributed by atoms with Gasteiger partial charge in [-0.3, -0.25) is 15.1 Å². The Morgan fingerprint density at radius 1 is 1.17 bits per heavy atom. The SMILES string of the molecule is Cc1cc(Nc2nc(NC3C[C@H]4CC[C@@H](C3)N4CCC#N)c3c(C)[nH]nc3n2)n[nH]1. The van der Waals surface area contributed by atoms with Crippen LogP contribution >= 0.6 is 0 Å². The molecule has 2 fully saturated rings. The molecule has 0 radical (unpaired) electrons. The van der Waals surface area contributed by atoms with E-state index in [-0.39, 0.29) is 0 Å². The second-order valence-corrected chi connectivity index (χ2v) is 8.35. The highest BCUT2D eigenvalue weighted by molar-refractivity contribution is 5.90. The molecule has 3 atom stereocenters. The zero-order valence-corrected chi connectivity index (χ0v) is 17.2. The number of nitrogens with zero attached hydrogens (tertiary/aromatic N) is 6. The molecule has 5 rings (SSSR count). The molecule has 10 nitrogen and oxygen atoms in total. The van der Waals surface area contributed by atoms with Gasteiger partial charge in [-0.2, -0.15) is 25.4 Å². The van der Waals surface area contributed by atoms with E-state index in [1.165, 1.54) is 12.8 Å². The molecule has 0 aromatic carbocycles. The zero-order valence-electron chi connectivity index (χ0n) is 17.2. The van der Waals surface area contributed by atoms with E-state index >= 15 is 0 Å². The van der Waals surface area contributed by atoms with Crippen molar-refractivity contribution in [3.05, 3.63) is 17.5 Å². The predicted octanol–water partition coefficient (Wildman–Crippen LogP) is 2.76. The Kier molecular flexibility index (Phi) is 4.75. The van der Waals surface area contributed by atoms with Crippen LogP contribution in [0.25, 0.3) is 11.0 Å². The van der Waals surface area contributed by atoms with Gasteiger partial charge in [0.05, 0.1) is 11.5 Å². The third-order valence-corrected chi connectivity index (χ3v) is 6.25. The molecule has 2 aliphatic rings. The number of nitriles is 1. The Hall–Kier alpha value is -3.19. The number of aromatic amines is 2. The maximum Gasteiger partial charge on any atom is 0.232 e. The summed E-state index contributed by atoms with van der Waals surface area (Å²) in [7, 11) is 0. The van der Waals surface area contributed by atoms with Gasteiger partial charge in [-0.25, -0.2) is 0 Å². The molecule has 2 bridgehead atoms. The van der Waals surface area contributed by atoms with Crippen LogP contribution in [0.3, 0.4) is 0 Å². The van der Waals surface area contributed by atoms with Crippen LogP contribution in [0.1, 0.15) is 43.5 Å². The van der Waals surface area contributed by atoms with Gasteiger partial charge in [0, 0.05) is 48.5 Å². The average molecular weight is 406 g/mol. The first-order chi connectivity index (χ1) is 14.6. The van der Waals surface area contributed by atoms with Crippen LogP contribution in [0.4, 0.5) is 17.6 Å². The average Bonchev–Trinajstić information content (AvgIpc) is 3.36. The van der Waals surface area contributed by atoms with Gasteiger partial charge in [0.1, 0.15) is 5.82 Å². The number of nitrogens with one attached hydrogen (secondary N) is 4. The predicted molar refractivity (Wildman–Crippen MR) is 113 cm³/mol. The minimum atomic E-state index is 0.341. The van der Waals surface area contributed by atoms with Crippen molar-refractivity contribution in [2.24, 2.45) is 0 Å². The van der Waals surface area contributed by atoms with Gasteiger partial charge in [0.15, 0.2) is 11.5 Å². The fourth-order valence-electron chi connectivity index (χ4n) is 4.95. The Morgan fingerprint density at radius 3 is 2.67 bits per heavy atom. The van der Waals surface area contributed by atoms with Crippen LogP contribution in [0.15, 0.2) is 6.07 Å². The van der Waals surface area contributed by atoms with E-state index < -0.39 is 0 Å². The smallest absolute Gasteiger partial charge is 0.232 e. The van der Waals surface area contributed by atoms with Crippen molar-refractivity contribution < 1.29 is 0 Å². The van der Waals surface area contributed by atoms with E-state index in [4.69, 9.17) is 10.2 Å². The summed E-state index contributed by atoms with van der Waals surface area (Å²) in [6.45, 7) is 4.82. The third kappa shape index (κ3) is 3.45. The normalized spacial score (nSPS) is 23.6. The lowest BCUT2D eigenvalue weighted by Gasteiger charge is -2.39. The summed E-state index contributed by atoms with van der Waals surface area (Å²) in [5.74, 6) is 1.95. The van der Waals surface area contributed by atoms with Crippen molar-refractivity contribution >= 4 is 28.6 Å². The van der Waals surface area contributed by atoms with Gasteiger partial charge in [-0.05, 0) is 39.5 Å². The monoisotopic (exact) mass is 406 g/mol. The third-order valence-electron chi connectivity index (χ3n) is 6.25. The highest BCUT2D eigenvalue weighted by Crippen LogP contribution is 2.37. The molecule has 156 valence electrons. The van der Waals surface area contributed by atoms with E-state index in [0.717, 1.165) is 42.0 Å². The number of hydrogen-bond donors (Lipinski definition) is 4. The molecule has 5 heterocycles. The Balaban J connectivity index is 1.39. The second-order valence-electron chi connectivity index (χ2n) is 8.35. The number of piperidine rings is 1. The molecule has 3 aromatic heterocycles. The molecule has 2 aliphatic heterocycles. The van der Waals surface area contributed by atoms with Crippen LogP contribution in [-0.2, 0) is 0 Å². The summed E-state index contributed by atoms with van der Waals surface area (Å²) >= 11 is 0. The summed E-state index contributed by atoms with van der Waals surface area (Å²) in [6, 6.07) is 5.62. The molecule has 1 unspecified atom stereocenters. The number of rotatable bonds is 6. The fraction of sp³-hybridized carbons (Fsp3) is 0.550. The summed E-state index contributed by atoms with van der Waals surface area (Å²) in [5.41, 5.74) is 2.55. The van der Waals surface area contributed by atoms with Gasteiger partial charge >= 0.3 is 0 Å². The molecule has 30 heavy (non-hydrogen) atoms. The first kappa shape index (κ1) is 18.8. The van der Waals surface area contributed by atoms with Crippen LogP contribution in [-0.4, -0.2) is 59.9 Å². The van der Waals surface area contributed by atoms with Gasteiger partial charge in [-0.15, -0.1) is 0 Å². The van der Waals surface area contributed by atoms with E-state index in [0.29, 0.717) is 42.0 Å². The molecule has 0 aliphatic carbocycles. The summed E-state index contributed by atoms with van der Waals surface area (Å²) in [6.07, 6.45) is 5.15. The lowest BCUT2D eigenvalue weighted by Crippen LogP contribution is -2.47. The molecular formula is C20H26N10. The quantitative estimate of drug-likeness (QED) is 0.491. The molecule has 4 N–H and O–H groups in total. The van der Waals surface area contributed by atoms with Crippen molar-refractivity contribution in [3.63, 3.8) is 0 Å². The summed E-state index contributed by atoms with van der Waals surface area (Å²) in [4.78, 5) is 11.8. The number of H-pyrrole nitrogens is 2. The number of hydrogen-bond acceptors (Lipinski definition) is 8. The Labute approximate surface area is 174 Å². The van der Waals surface area contributed by atoms with E-state index in [1.54, 1.807) is 0 Å². The van der Waals surface area contributed by atoms with Gasteiger partial charge in [-0.1, -0.05) is 0 Å². The first-order valence-electron chi connectivity index (χ1n) is 10.5. The first-order valence-corrected chi connectivity index (χ1v) is 10.5. The lowest BCUT2D eigenvalue weighted by molar-refractivity contribution is 0.136. The maximum atomic E-state index is 8.95. The molecule has 3 aromatic rings. The highest BCUT2D eigenvalue weighted by Gasteiger charge is 2.40. The van der Waals surface area contributed by atoms with Gasteiger partial charge in [0.25, 0.3) is 0 Å². The molecule has 10 heteroatoms. The number of anilines is 3. The van der Waals surface area contributed by atoms with Crippen LogP contribution in [0, 0.1) is 25.2 Å². The number of aromatic nitrogens is 6. The standard InChI is InChI=1S/C20H26N10/c1-11-8-16(28-26-11)23-20-24-18(17-12(2)27-29-19(17)25-20)22-13-9-14-4-5-15(10-13)30(14)7-3-6-21/h8,13-15H,3-5,7,9-10H2,1-2H3,(H4,22,23,24,25,26,27,28,29)/t13?,14-,15+. The topological polar surface area (TPSA) is 134 Å². The molecule has 0 saturated carbocycles. The van der Waals surface area contributed by atoms with Crippen LogP contribution < -0.4 is 10.6 Å². The van der Waals surface area contributed by atoms with E-state index in [9.17, 15) is 0 Å². The molecule has 2 saturated heterocycles. The Bertz CT molecular complexity index is 1080. The van der Waals surface area contributed by atoms with Crippen LogP contribution in [0.5, 0.6) is 0 Å². The van der Waals surface area contributed by atoms with Gasteiger partial charge in [0.2, 0.25) is 5.95 Å². The minimum absolute atomic E-state index is 0.341. The summed E-state index contributed by atoms with van der Waals surface area (Å²) in [5, 5.41) is 31.2. The maximum absolute atomic E-state index is 8.95. The van der Waals surface area contributed by atoms with Crippen molar-refractivity contribution in [2.75, 3.05) is 17.2 Å². The lowest BCUT2D eigenvalue weighted by atomic mass is 9.97. The van der Waals surface area contributed by atoms with Crippen molar-refractivity contribution in [1.29, 1.82) is 5.26 Å². The molecular weight excluding hydrogens is 380 g/mol. The Morgan fingerprint density at radius 2 is 1.97 bits per heavy atom. The number of aryl methyl sites for hydroxylation is 2. The van der Waals surface area contributed by atoms with E-state index in [1.807, 2.05) is 19.9 Å². The van der Waals surface area contributed by atoms with Gasteiger partial charge < -0.3 is 10.6 Å². The van der Waals surface area contributed by atoms with Crippen LogP contribution in [0.2, 0.25) is 0 Å². The van der Waals surface area contributed by atoms with E-state index in [2.05, 4.69) is 47.0 Å². The fourth-order valence-corrected chi connectivity index (χ4v) is 4.95. The minimum Gasteiger partial charge on any atom is -0.366 e. The van der Waals surface area contributed by atoms with Crippen molar-refractivity contribution in [1.82, 2.24) is 35.3 Å². The molecule has 0 spiro atoms. The van der Waals surface area contributed by atoms with Crippen molar-refractivity contribution in [2.45, 2.75) is 64.1 Å². The van der Waals surface area contributed by atoms with Crippen molar-refractivity contribution in [3.8, 4) is 6.07 Å². The zero-order chi connectivity index (χ0) is 20.7. The largest absolute Gasteiger partial charge is 0.366 e. The molecule has 0 amide bonds. The summed E-state index contributed by atoms with van der Waals surface area (Å²) < 4.78 is 0.